The van der Waals surface area contributed by atoms with Gasteiger partial charge in [-0.2, -0.15) is 0 Å². The van der Waals surface area contributed by atoms with Gasteiger partial charge < -0.3 is 4.74 Å². The largest absolute Gasteiger partial charge is 0.489 e. The molecule has 4 rings (SSSR count). The van der Waals surface area contributed by atoms with Crippen molar-refractivity contribution >= 4 is 36.9 Å². The Hall–Kier alpha value is -2.57. The number of fused-ring (bicyclic) bond motifs is 1. The lowest BCUT2D eigenvalue weighted by atomic mass is 10.2. The first-order chi connectivity index (χ1) is 13.1. The van der Waals surface area contributed by atoms with Crippen LogP contribution in [0.3, 0.4) is 0 Å². The van der Waals surface area contributed by atoms with Crippen molar-refractivity contribution in [2.45, 2.75) is 11.5 Å². The second-order valence-electron chi connectivity index (χ2n) is 5.97. The van der Waals surface area contributed by atoms with Gasteiger partial charge in [0.1, 0.15) is 17.0 Å². The van der Waals surface area contributed by atoms with Crippen LogP contribution in [0.25, 0.3) is 10.9 Å². The van der Waals surface area contributed by atoms with Crippen molar-refractivity contribution in [2.24, 2.45) is 0 Å². The molecule has 0 N–H and O–H groups in total. The number of benzene rings is 3. The molecule has 3 aromatic carbocycles. The topological polar surface area (TPSA) is 48.3 Å². The highest BCUT2D eigenvalue weighted by molar-refractivity contribution is 9.10. The molecule has 1 heterocycles. The lowest BCUT2D eigenvalue weighted by molar-refractivity contribution is 0.307. The van der Waals surface area contributed by atoms with Crippen LogP contribution in [0.4, 0.5) is 0 Å². The predicted molar refractivity (Wildman–Crippen MR) is 109 cm³/mol. The Morgan fingerprint density at radius 1 is 0.815 bits per heavy atom. The molecule has 0 saturated carbocycles. The fourth-order valence-electron chi connectivity index (χ4n) is 2.99. The highest BCUT2D eigenvalue weighted by Crippen LogP contribution is 2.34. The minimum absolute atomic E-state index is 0.238. The summed E-state index contributed by atoms with van der Waals surface area (Å²) in [5.41, 5.74) is 1.40. The number of hydrogen-bond acceptors (Lipinski definition) is 3. The lowest BCUT2D eigenvalue weighted by Crippen LogP contribution is -2.13. The van der Waals surface area contributed by atoms with Crippen molar-refractivity contribution in [2.75, 3.05) is 0 Å². The number of ether oxygens (including phenoxy) is 1. The van der Waals surface area contributed by atoms with Gasteiger partial charge in [-0.3, -0.25) is 0 Å². The van der Waals surface area contributed by atoms with Gasteiger partial charge in [-0.25, -0.2) is 12.4 Å². The maximum atomic E-state index is 13.2. The molecule has 0 radical (unpaired) electrons. The van der Waals surface area contributed by atoms with Gasteiger partial charge in [0.05, 0.1) is 10.4 Å². The van der Waals surface area contributed by atoms with Crippen molar-refractivity contribution in [3.05, 3.63) is 95.1 Å². The molecule has 0 saturated heterocycles. The van der Waals surface area contributed by atoms with Gasteiger partial charge in [0.15, 0.2) is 0 Å². The minimum Gasteiger partial charge on any atom is -0.489 e. The SMILES string of the molecule is O=S(=O)(c1ccccc1)n1c(Br)c(COc2ccccc2)c2ccccc21. The van der Waals surface area contributed by atoms with Crippen LogP contribution >= 0.6 is 15.9 Å². The number of nitrogens with zero attached hydrogens (tertiary/aromatic N) is 1. The van der Waals surface area contributed by atoms with E-state index >= 15 is 0 Å². The molecule has 136 valence electrons. The number of aromatic nitrogens is 1. The molecular weight excluding hydrogens is 426 g/mol. The third kappa shape index (κ3) is 3.26. The molecular formula is C21H16BrNO3S. The Labute approximate surface area is 166 Å². The molecule has 4 nitrogen and oxygen atoms in total. The average molecular weight is 442 g/mol. The smallest absolute Gasteiger partial charge is 0.269 e. The van der Waals surface area contributed by atoms with Crippen LogP contribution in [0, 0.1) is 0 Å². The Kier molecular flexibility index (Phi) is 4.76. The van der Waals surface area contributed by atoms with Crippen molar-refractivity contribution in [1.82, 2.24) is 3.97 Å². The molecule has 0 bridgehead atoms. The first kappa shape index (κ1) is 17.8. The summed E-state index contributed by atoms with van der Waals surface area (Å²) in [4.78, 5) is 0.238. The van der Waals surface area contributed by atoms with Gasteiger partial charge in [-0.1, -0.05) is 54.6 Å². The van der Waals surface area contributed by atoms with Crippen LogP contribution in [0.5, 0.6) is 5.75 Å². The molecule has 0 aliphatic rings. The van der Waals surface area contributed by atoms with E-state index in [0.29, 0.717) is 10.1 Å². The number of halogens is 1. The Balaban J connectivity index is 1.84. The molecule has 6 heteroatoms. The third-order valence-corrected chi connectivity index (χ3v) is 7.08. The van der Waals surface area contributed by atoms with E-state index < -0.39 is 10.0 Å². The number of para-hydroxylation sites is 2. The van der Waals surface area contributed by atoms with E-state index in [2.05, 4.69) is 15.9 Å². The molecule has 27 heavy (non-hydrogen) atoms. The Morgan fingerprint density at radius 2 is 1.41 bits per heavy atom. The summed E-state index contributed by atoms with van der Waals surface area (Å²) >= 11 is 3.51. The molecule has 1 aromatic heterocycles. The monoisotopic (exact) mass is 441 g/mol. The summed E-state index contributed by atoms with van der Waals surface area (Å²) in [7, 11) is -3.74. The average Bonchev–Trinajstić information content (AvgIpc) is 2.99. The third-order valence-electron chi connectivity index (χ3n) is 4.28. The second-order valence-corrected chi connectivity index (χ2v) is 8.51. The summed E-state index contributed by atoms with van der Waals surface area (Å²) in [6.45, 7) is 0.252. The van der Waals surface area contributed by atoms with E-state index in [0.717, 1.165) is 16.7 Å². The standard InChI is InChI=1S/C21H16BrNO3S/c22-21-19(15-26-16-9-3-1-4-10-16)18-13-7-8-14-20(18)23(21)27(24,25)17-11-5-2-6-12-17/h1-14H,15H2. The zero-order chi connectivity index (χ0) is 18.9. The van der Waals surface area contributed by atoms with Crippen molar-refractivity contribution in [3.63, 3.8) is 0 Å². The fraction of sp³-hybridized carbons (Fsp3) is 0.0476. The predicted octanol–water partition coefficient (Wildman–Crippen LogP) is 5.22. The van der Waals surface area contributed by atoms with Crippen LogP contribution in [-0.4, -0.2) is 12.4 Å². The van der Waals surface area contributed by atoms with Crippen LogP contribution in [0.15, 0.2) is 94.4 Å². The Bertz CT molecular complexity index is 1190. The van der Waals surface area contributed by atoms with Gasteiger partial charge in [0.2, 0.25) is 0 Å². The Morgan fingerprint density at radius 3 is 2.11 bits per heavy atom. The highest BCUT2D eigenvalue weighted by Gasteiger charge is 2.25. The molecule has 0 amide bonds. The summed E-state index contributed by atoms with van der Waals surface area (Å²) < 4.78 is 34.2. The maximum Gasteiger partial charge on any atom is 0.269 e. The minimum atomic E-state index is -3.74. The molecule has 0 unspecified atom stereocenters. The van der Waals surface area contributed by atoms with E-state index in [4.69, 9.17) is 4.74 Å². The van der Waals surface area contributed by atoms with Gasteiger partial charge in [-0.05, 0) is 46.3 Å². The summed E-state index contributed by atoms with van der Waals surface area (Å²) in [5, 5.41) is 0.833. The zero-order valence-electron chi connectivity index (χ0n) is 14.2. The van der Waals surface area contributed by atoms with E-state index in [1.54, 1.807) is 36.4 Å². The molecule has 0 aliphatic heterocycles. The molecule has 0 spiro atoms. The highest BCUT2D eigenvalue weighted by atomic mass is 79.9. The van der Waals surface area contributed by atoms with Crippen LogP contribution in [0.2, 0.25) is 0 Å². The van der Waals surface area contributed by atoms with E-state index in [1.807, 2.05) is 48.5 Å². The first-order valence-corrected chi connectivity index (χ1v) is 10.6. The number of rotatable bonds is 5. The normalized spacial score (nSPS) is 11.6. The fourth-order valence-corrected chi connectivity index (χ4v) is 5.53. The molecule has 0 aliphatic carbocycles. The van der Waals surface area contributed by atoms with Gasteiger partial charge in [0, 0.05) is 10.9 Å². The van der Waals surface area contributed by atoms with E-state index in [1.165, 1.54) is 3.97 Å². The van der Waals surface area contributed by atoms with Gasteiger partial charge in [-0.15, -0.1) is 0 Å². The summed E-state index contributed by atoms with van der Waals surface area (Å²) in [6.07, 6.45) is 0. The van der Waals surface area contributed by atoms with Crippen LogP contribution in [0.1, 0.15) is 5.56 Å². The maximum absolute atomic E-state index is 13.2. The zero-order valence-corrected chi connectivity index (χ0v) is 16.7. The molecule has 4 aromatic rings. The van der Waals surface area contributed by atoms with Crippen LogP contribution in [-0.2, 0) is 16.6 Å². The quantitative estimate of drug-likeness (QED) is 0.426. The van der Waals surface area contributed by atoms with Crippen molar-refractivity contribution < 1.29 is 13.2 Å². The summed E-state index contributed by atoms with van der Waals surface area (Å²) in [5.74, 6) is 0.729. The number of hydrogen-bond donors (Lipinski definition) is 0. The van der Waals surface area contributed by atoms with E-state index in [-0.39, 0.29) is 11.5 Å². The van der Waals surface area contributed by atoms with Crippen LogP contribution < -0.4 is 4.74 Å². The van der Waals surface area contributed by atoms with Gasteiger partial charge >= 0.3 is 0 Å². The molecule has 0 fully saturated rings. The molecule has 0 atom stereocenters. The van der Waals surface area contributed by atoms with E-state index in [9.17, 15) is 8.42 Å². The van der Waals surface area contributed by atoms with Gasteiger partial charge in [0.25, 0.3) is 10.0 Å². The first-order valence-electron chi connectivity index (χ1n) is 8.35. The van der Waals surface area contributed by atoms with Crippen molar-refractivity contribution in [3.8, 4) is 5.75 Å². The van der Waals surface area contributed by atoms with Crippen molar-refractivity contribution in [1.29, 1.82) is 0 Å². The second kappa shape index (κ2) is 7.21. The summed E-state index contributed by atoms with van der Waals surface area (Å²) in [6, 6.07) is 25.3. The lowest BCUT2D eigenvalue weighted by Gasteiger charge is -2.09.